The van der Waals surface area contributed by atoms with Crippen LogP contribution >= 0.6 is 0 Å². The fraction of sp³-hybridized carbons (Fsp3) is 0.133. The fourth-order valence-corrected chi connectivity index (χ4v) is 1.65. The zero-order valence-corrected chi connectivity index (χ0v) is 11.0. The summed E-state index contributed by atoms with van der Waals surface area (Å²) in [5.41, 5.74) is 0.656. The average Bonchev–Trinajstić information content (AvgIpc) is 2.43. The SMILES string of the molecule is CC(=O)c1cccc(/C(C)=N/c2c(F)cccc2F)n1. The lowest BCUT2D eigenvalue weighted by Crippen LogP contribution is -2.04. The lowest BCUT2D eigenvalue weighted by atomic mass is 10.2. The predicted octanol–water partition coefficient (Wildman–Crippen LogP) is 3.70. The maximum Gasteiger partial charge on any atom is 0.178 e. The predicted molar refractivity (Wildman–Crippen MR) is 72.5 cm³/mol. The van der Waals surface area contributed by atoms with Gasteiger partial charge in [0.05, 0.1) is 11.4 Å². The molecule has 1 aromatic carbocycles. The Bertz CT molecular complexity index is 676. The highest BCUT2D eigenvalue weighted by Crippen LogP contribution is 2.22. The quantitative estimate of drug-likeness (QED) is 0.632. The molecule has 1 aromatic heterocycles. The number of para-hydroxylation sites is 1. The van der Waals surface area contributed by atoms with Crippen molar-refractivity contribution in [2.24, 2.45) is 4.99 Å². The molecule has 0 fully saturated rings. The Hall–Kier alpha value is -2.43. The maximum atomic E-state index is 13.5. The van der Waals surface area contributed by atoms with Crippen molar-refractivity contribution in [3.05, 3.63) is 59.4 Å². The number of aromatic nitrogens is 1. The first-order chi connectivity index (χ1) is 9.49. The summed E-state index contributed by atoms with van der Waals surface area (Å²) in [6, 6.07) is 8.39. The third-order valence-electron chi connectivity index (χ3n) is 2.70. The second-order valence-corrected chi connectivity index (χ2v) is 4.23. The van der Waals surface area contributed by atoms with Crippen LogP contribution in [0, 0.1) is 11.6 Å². The van der Waals surface area contributed by atoms with E-state index in [0.29, 0.717) is 11.4 Å². The molecule has 0 aliphatic carbocycles. The number of pyridine rings is 1. The van der Waals surface area contributed by atoms with Gasteiger partial charge in [-0.2, -0.15) is 0 Å². The molecular weight excluding hydrogens is 262 g/mol. The summed E-state index contributed by atoms with van der Waals surface area (Å²) in [4.78, 5) is 19.3. The summed E-state index contributed by atoms with van der Waals surface area (Å²) < 4.78 is 27.0. The van der Waals surface area contributed by atoms with E-state index >= 15 is 0 Å². The Balaban J connectivity index is 2.45. The van der Waals surface area contributed by atoms with Crippen LogP contribution in [0.1, 0.15) is 30.0 Å². The van der Waals surface area contributed by atoms with Crippen molar-refractivity contribution >= 4 is 17.2 Å². The lowest BCUT2D eigenvalue weighted by Gasteiger charge is -2.04. The van der Waals surface area contributed by atoms with Crippen molar-refractivity contribution in [2.45, 2.75) is 13.8 Å². The molecule has 0 saturated heterocycles. The molecule has 1 heterocycles. The summed E-state index contributed by atoms with van der Waals surface area (Å²) in [6.45, 7) is 2.98. The van der Waals surface area contributed by atoms with E-state index in [1.807, 2.05) is 0 Å². The molecule has 0 N–H and O–H groups in total. The van der Waals surface area contributed by atoms with E-state index in [-0.39, 0.29) is 17.2 Å². The van der Waals surface area contributed by atoms with E-state index in [1.54, 1.807) is 25.1 Å². The van der Waals surface area contributed by atoms with Crippen LogP contribution in [-0.4, -0.2) is 16.5 Å². The van der Waals surface area contributed by atoms with Gasteiger partial charge in [0.1, 0.15) is 11.4 Å². The normalized spacial score (nSPS) is 11.5. The summed E-state index contributed by atoms with van der Waals surface area (Å²) in [5.74, 6) is -1.67. The number of ketones is 1. The van der Waals surface area contributed by atoms with Gasteiger partial charge in [0.2, 0.25) is 0 Å². The highest BCUT2D eigenvalue weighted by molar-refractivity contribution is 6.00. The van der Waals surface area contributed by atoms with E-state index in [4.69, 9.17) is 0 Å². The number of benzene rings is 1. The minimum Gasteiger partial charge on any atom is -0.293 e. The number of Topliss-reactive ketones (excluding diaryl/α,β-unsaturated/α-hetero) is 1. The van der Waals surface area contributed by atoms with Crippen molar-refractivity contribution in [1.29, 1.82) is 0 Å². The van der Waals surface area contributed by atoms with Gasteiger partial charge in [-0.3, -0.25) is 4.79 Å². The van der Waals surface area contributed by atoms with Gasteiger partial charge in [-0.25, -0.2) is 18.8 Å². The van der Waals surface area contributed by atoms with Crippen molar-refractivity contribution in [3.63, 3.8) is 0 Å². The lowest BCUT2D eigenvalue weighted by molar-refractivity contribution is 0.101. The number of halogens is 2. The second kappa shape index (κ2) is 5.69. The molecule has 102 valence electrons. The van der Waals surface area contributed by atoms with Crippen molar-refractivity contribution in [1.82, 2.24) is 4.98 Å². The third kappa shape index (κ3) is 2.93. The van der Waals surface area contributed by atoms with Crippen LogP contribution in [0.5, 0.6) is 0 Å². The number of carbonyl (C=O) groups is 1. The van der Waals surface area contributed by atoms with Crippen LogP contribution in [0.25, 0.3) is 0 Å². The maximum absolute atomic E-state index is 13.5. The molecule has 2 aromatic rings. The molecule has 0 atom stereocenters. The molecule has 20 heavy (non-hydrogen) atoms. The monoisotopic (exact) mass is 274 g/mol. The molecule has 0 radical (unpaired) electrons. The topological polar surface area (TPSA) is 42.3 Å². The van der Waals surface area contributed by atoms with E-state index in [2.05, 4.69) is 9.98 Å². The van der Waals surface area contributed by atoms with E-state index < -0.39 is 11.6 Å². The molecule has 5 heteroatoms. The molecular formula is C15H12F2N2O. The Morgan fingerprint density at radius 2 is 1.55 bits per heavy atom. The molecule has 0 saturated carbocycles. The molecule has 0 aliphatic rings. The molecule has 0 unspecified atom stereocenters. The standard InChI is InChI=1S/C15H12F2N2O/c1-9(13-7-4-8-14(19-13)10(2)20)18-15-11(16)5-3-6-12(15)17/h3-8H,1-2H3/b18-9+. The van der Waals surface area contributed by atoms with Crippen LogP contribution in [-0.2, 0) is 0 Å². The van der Waals surface area contributed by atoms with E-state index in [0.717, 1.165) is 12.1 Å². The highest BCUT2D eigenvalue weighted by Gasteiger charge is 2.09. The van der Waals surface area contributed by atoms with Gasteiger partial charge in [-0.05, 0) is 31.2 Å². The molecule has 3 nitrogen and oxygen atoms in total. The largest absolute Gasteiger partial charge is 0.293 e. The van der Waals surface area contributed by atoms with Crippen molar-refractivity contribution in [2.75, 3.05) is 0 Å². The number of hydrogen-bond acceptors (Lipinski definition) is 3. The van der Waals surface area contributed by atoms with Gasteiger partial charge in [-0.15, -0.1) is 0 Å². The van der Waals surface area contributed by atoms with Crippen molar-refractivity contribution < 1.29 is 13.6 Å². The van der Waals surface area contributed by atoms with Gasteiger partial charge in [0.25, 0.3) is 0 Å². The first kappa shape index (κ1) is 14.0. The van der Waals surface area contributed by atoms with Crippen LogP contribution < -0.4 is 0 Å². The molecule has 0 bridgehead atoms. The average molecular weight is 274 g/mol. The zero-order valence-electron chi connectivity index (χ0n) is 11.0. The smallest absolute Gasteiger partial charge is 0.178 e. The number of rotatable bonds is 3. The summed E-state index contributed by atoms with van der Waals surface area (Å²) in [7, 11) is 0. The van der Waals surface area contributed by atoms with Crippen LogP contribution in [0.4, 0.5) is 14.5 Å². The molecule has 0 spiro atoms. The van der Waals surface area contributed by atoms with Gasteiger partial charge in [-0.1, -0.05) is 12.1 Å². The van der Waals surface area contributed by atoms with Crippen LogP contribution in [0.3, 0.4) is 0 Å². The van der Waals surface area contributed by atoms with Gasteiger partial charge in [0, 0.05) is 6.92 Å². The first-order valence-electron chi connectivity index (χ1n) is 5.96. The van der Waals surface area contributed by atoms with E-state index in [1.165, 1.54) is 13.0 Å². The third-order valence-corrected chi connectivity index (χ3v) is 2.70. The van der Waals surface area contributed by atoms with Gasteiger partial charge >= 0.3 is 0 Å². The Kier molecular flexibility index (Phi) is 3.98. The number of hydrogen-bond donors (Lipinski definition) is 0. The summed E-state index contributed by atoms with van der Waals surface area (Å²) in [5, 5.41) is 0. The minimum absolute atomic E-state index is 0.184. The Morgan fingerprint density at radius 1 is 1.00 bits per heavy atom. The van der Waals surface area contributed by atoms with Gasteiger partial charge in [0.15, 0.2) is 17.4 Å². The number of aliphatic imine (C=N–C) groups is 1. The van der Waals surface area contributed by atoms with Crippen LogP contribution in [0.2, 0.25) is 0 Å². The fourth-order valence-electron chi connectivity index (χ4n) is 1.65. The number of nitrogens with zero attached hydrogens (tertiary/aromatic N) is 2. The highest BCUT2D eigenvalue weighted by atomic mass is 19.1. The molecule has 0 amide bonds. The zero-order chi connectivity index (χ0) is 14.7. The summed E-state index contributed by atoms with van der Waals surface area (Å²) in [6.07, 6.45) is 0. The molecule has 2 rings (SSSR count). The van der Waals surface area contributed by atoms with E-state index in [9.17, 15) is 13.6 Å². The van der Waals surface area contributed by atoms with Crippen molar-refractivity contribution in [3.8, 4) is 0 Å². The Labute approximate surface area is 115 Å². The van der Waals surface area contributed by atoms with Crippen LogP contribution in [0.15, 0.2) is 41.4 Å². The number of carbonyl (C=O) groups excluding carboxylic acids is 1. The minimum atomic E-state index is -0.743. The second-order valence-electron chi connectivity index (χ2n) is 4.23. The first-order valence-corrected chi connectivity index (χ1v) is 5.96. The van der Waals surface area contributed by atoms with Gasteiger partial charge < -0.3 is 0 Å². The Morgan fingerprint density at radius 3 is 2.15 bits per heavy atom. The molecule has 0 aliphatic heterocycles. The summed E-state index contributed by atoms with van der Waals surface area (Å²) >= 11 is 0.